The Morgan fingerprint density at radius 1 is 1.14 bits per heavy atom. The van der Waals surface area contributed by atoms with Gasteiger partial charge in [-0.1, -0.05) is 6.07 Å². The van der Waals surface area contributed by atoms with E-state index in [1.807, 2.05) is 12.3 Å². The van der Waals surface area contributed by atoms with Gasteiger partial charge in [-0.3, -0.25) is 14.6 Å². The van der Waals surface area contributed by atoms with E-state index in [-0.39, 0.29) is 34.2 Å². The summed E-state index contributed by atoms with van der Waals surface area (Å²) in [6.45, 7) is 4.25. The van der Waals surface area contributed by atoms with Crippen LogP contribution in [0.1, 0.15) is 64.5 Å². The van der Waals surface area contributed by atoms with Crippen molar-refractivity contribution in [2.75, 3.05) is 0 Å². The van der Waals surface area contributed by atoms with Crippen molar-refractivity contribution in [3.8, 4) is 0 Å². The molecule has 5 nitrogen and oxygen atoms in total. The number of likely N-dealkylation sites (tertiary alicyclic amines) is 1. The van der Waals surface area contributed by atoms with Crippen molar-refractivity contribution in [1.29, 1.82) is 0 Å². The Hall–Kier alpha value is -1.91. The lowest BCUT2D eigenvalue weighted by atomic mass is 9.46. The molecule has 5 heteroatoms. The zero-order valence-electron chi connectivity index (χ0n) is 17.4. The number of aromatic nitrogens is 1. The molecule has 5 aliphatic carbocycles. The van der Waals surface area contributed by atoms with E-state index in [0.717, 1.165) is 50.6 Å². The minimum Gasteiger partial charge on any atom is -0.369 e. The van der Waals surface area contributed by atoms with Crippen LogP contribution in [0.15, 0.2) is 24.4 Å². The van der Waals surface area contributed by atoms with E-state index in [2.05, 4.69) is 30.9 Å². The highest BCUT2D eigenvalue weighted by Crippen LogP contribution is 2.66. The van der Waals surface area contributed by atoms with Crippen molar-refractivity contribution in [3.05, 3.63) is 30.1 Å². The molecule has 0 spiro atoms. The van der Waals surface area contributed by atoms with E-state index in [1.165, 1.54) is 0 Å². The first-order valence-electron chi connectivity index (χ1n) is 11.3. The number of β-lactam (4-membered cyclic amide) rings is 1. The average Bonchev–Trinajstić information content (AvgIpc) is 3.47. The summed E-state index contributed by atoms with van der Waals surface area (Å²) in [4.78, 5) is 32.8. The van der Waals surface area contributed by atoms with Crippen molar-refractivity contribution in [3.63, 3.8) is 0 Å². The minimum atomic E-state index is -0.343. The molecule has 7 rings (SSSR count). The number of hydrogen-bond donors (Lipinski definition) is 1. The van der Waals surface area contributed by atoms with E-state index in [9.17, 15) is 9.59 Å². The van der Waals surface area contributed by atoms with Crippen LogP contribution in [0.5, 0.6) is 0 Å². The summed E-state index contributed by atoms with van der Waals surface area (Å²) in [5.74, 6) is 1.67. The number of pyridine rings is 1. The van der Waals surface area contributed by atoms with Gasteiger partial charge in [0, 0.05) is 28.8 Å². The van der Waals surface area contributed by atoms with Crippen LogP contribution in [0.25, 0.3) is 0 Å². The standard InChI is InChI=1S/C24H31N3O2/c1-22(2)19(24(6-7-24)17-5-3-4-8-26-17)27(21(22)29)18-15-9-14-10-16(18)13-23(11-14,12-15)20(25)28/h3-5,8,14-16,18-19H,6-7,9-13H2,1-2H3,(H2,25,28). The van der Waals surface area contributed by atoms with Crippen molar-refractivity contribution >= 4 is 11.8 Å². The van der Waals surface area contributed by atoms with Crippen LogP contribution in [-0.4, -0.2) is 33.8 Å². The van der Waals surface area contributed by atoms with Gasteiger partial charge in [0.2, 0.25) is 11.8 Å². The lowest BCUT2D eigenvalue weighted by molar-refractivity contribution is -0.201. The largest absolute Gasteiger partial charge is 0.369 e. The Bertz CT molecular complexity index is 875. The third kappa shape index (κ3) is 2.14. The van der Waals surface area contributed by atoms with Crippen LogP contribution in [-0.2, 0) is 15.0 Å². The number of carbonyl (C=O) groups excluding carboxylic acids is 2. The second-order valence-corrected chi connectivity index (χ2v) is 11.3. The highest BCUT2D eigenvalue weighted by Gasteiger charge is 2.72. The van der Waals surface area contributed by atoms with E-state index >= 15 is 0 Å². The van der Waals surface area contributed by atoms with Gasteiger partial charge >= 0.3 is 0 Å². The molecule has 5 saturated carbocycles. The first-order chi connectivity index (χ1) is 13.8. The summed E-state index contributed by atoms with van der Waals surface area (Å²) in [7, 11) is 0. The molecule has 2 amide bonds. The van der Waals surface area contributed by atoms with Gasteiger partial charge in [-0.05, 0) is 88.7 Å². The molecule has 1 saturated heterocycles. The molecule has 29 heavy (non-hydrogen) atoms. The van der Waals surface area contributed by atoms with E-state index in [0.29, 0.717) is 23.7 Å². The highest BCUT2D eigenvalue weighted by molar-refractivity contribution is 5.91. The molecule has 6 aliphatic rings. The lowest BCUT2D eigenvalue weighted by Gasteiger charge is -2.67. The van der Waals surface area contributed by atoms with E-state index in [1.54, 1.807) is 0 Å². The van der Waals surface area contributed by atoms with Gasteiger partial charge in [0.05, 0.1) is 11.5 Å². The Morgan fingerprint density at radius 2 is 1.83 bits per heavy atom. The quantitative estimate of drug-likeness (QED) is 0.799. The Labute approximate surface area is 172 Å². The summed E-state index contributed by atoms with van der Waals surface area (Å²) < 4.78 is 0. The van der Waals surface area contributed by atoms with Crippen LogP contribution in [0.3, 0.4) is 0 Å². The minimum absolute atomic E-state index is 0.00864. The molecule has 2 N–H and O–H groups in total. The summed E-state index contributed by atoms with van der Waals surface area (Å²) in [5.41, 5.74) is 6.40. The van der Waals surface area contributed by atoms with Crippen LogP contribution in [0, 0.1) is 28.6 Å². The molecule has 4 bridgehead atoms. The summed E-state index contributed by atoms with van der Waals surface area (Å²) >= 11 is 0. The maximum Gasteiger partial charge on any atom is 0.230 e. The highest BCUT2D eigenvalue weighted by atomic mass is 16.2. The Balaban J connectivity index is 1.37. The molecule has 1 aromatic heterocycles. The van der Waals surface area contributed by atoms with Crippen LogP contribution in [0.2, 0.25) is 0 Å². The molecule has 0 radical (unpaired) electrons. The molecule has 154 valence electrons. The second kappa shape index (κ2) is 5.41. The fraction of sp³-hybridized carbons (Fsp3) is 0.708. The maximum atomic E-state index is 13.5. The van der Waals surface area contributed by atoms with Gasteiger partial charge in [0.25, 0.3) is 0 Å². The third-order valence-electron chi connectivity index (χ3n) is 9.30. The average molecular weight is 394 g/mol. The fourth-order valence-electron chi connectivity index (χ4n) is 8.33. The zero-order valence-corrected chi connectivity index (χ0v) is 17.4. The number of nitrogens with zero attached hydrogens (tertiary/aromatic N) is 2. The first-order valence-corrected chi connectivity index (χ1v) is 11.3. The molecular weight excluding hydrogens is 362 g/mol. The maximum absolute atomic E-state index is 13.5. The molecule has 0 aromatic carbocycles. The topological polar surface area (TPSA) is 76.3 Å². The monoisotopic (exact) mass is 393 g/mol. The van der Waals surface area contributed by atoms with Gasteiger partial charge in [-0.25, -0.2) is 0 Å². The third-order valence-corrected chi connectivity index (χ3v) is 9.30. The smallest absolute Gasteiger partial charge is 0.230 e. The lowest BCUT2D eigenvalue weighted by Crippen LogP contribution is -2.77. The Kier molecular flexibility index (Phi) is 3.34. The van der Waals surface area contributed by atoms with Gasteiger partial charge in [-0.15, -0.1) is 0 Å². The Morgan fingerprint density at radius 3 is 2.38 bits per heavy atom. The second-order valence-electron chi connectivity index (χ2n) is 11.3. The van der Waals surface area contributed by atoms with Crippen molar-refractivity contribution < 1.29 is 9.59 Å². The molecule has 2 heterocycles. The van der Waals surface area contributed by atoms with Gasteiger partial charge in [0.1, 0.15) is 0 Å². The first kappa shape index (κ1) is 17.9. The van der Waals surface area contributed by atoms with Crippen LogP contribution in [0.4, 0.5) is 0 Å². The molecule has 1 aromatic rings. The van der Waals surface area contributed by atoms with Crippen molar-refractivity contribution in [1.82, 2.24) is 9.88 Å². The van der Waals surface area contributed by atoms with E-state index in [4.69, 9.17) is 10.7 Å². The normalized spacial score (nSPS) is 43.2. The van der Waals surface area contributed by atoms with Crippen molar-refractivity contribution in [2.24, 2.45) is 34.3 Å². The summed E-state index contributed by atoms with van der Waals surface area (Å²) in [6.07, 6.45) is 9.15. The van der Waals surface area contributed by atoms with E-state index < -0.39 is 0 Å². The van der Waals surface area contributed by atoms with Crippen molar-refractivity contribution in [2.45, 2.75) is 76.3 Å². The predicted octanol–water partition coefficient (Wildman–Crippen LogP) is 3.03. The molecule has 1 aliphatic heterocycles. The number of rotatable bonds is 4. The molecule has 6 fully saturated rings. The number of carbonyl (C=O) groups is 2. The van der Waals surface area contributed by atoms with Crippen LogP contribution >= 0.6 is 0 Å². The number of nitrogens with two attached hydrogens (primary N) is 1. The molecular formula is C24H31N3O2. The number of hydrogen-bond acceptors (Lipinski definition) is 3. The molecule has 3 unspecified atom stereocenters. The van der Waals surface area contributed by atoms with Crippen LogP contribution < -0.4 is 5.73 Å². The predicted molar refractivity (Wildman–Crippen MR) is 109 cm³/mol. The SMILES string of the molecule is CC1(C)C(=O)N(C2C3CC4CC2CC(C(N)=O)(C4)C3)C1C1(c2ccccn2)CC1. The number of amides is 2. The fourth-order valence-corrected chi connectivity index (χ4v) is 8.33. The number of primary amides is 1. The zero-order chi connectivity index (χ0) is 20.2. The van der Waals surface area contributed by atoms with Gasteiger partial charge in [0.15, 0.2) is 0 Å². The molecule has 3 atom stereocenters. The summed E-state index contributed by atoms with van der Waals surface area (Å²) in [5, 5.41) is 0. The summed E-state index contributed by atoms with van der Waals surface area (Å²) in [6, 6.07) is 6.67. The van der Waals surface area contributed by atoms with Gasteiger partial charge < -0.3 is 10.6 Å². The van der Waals surface area contributed by atoms with Gasteiger partial charge in [-0.2, -0.15) is 0 Å².